The van der Waals surface area contributed by atoms with E-state index in [1.165, 1.54) is 6.07 Å². The summed E-state index contributed by atoms with van der Waals surface area (Å²) in [6.07, 6.45) is 2.55. The van der Waals surface area contributed by atoms with Crippen molar-refractivity contribution in [2.75, 3.05) is 26.1 Å². The second kappa shape index (κ2) is 9.88. The predicted molar refractivity (Wildman–Crippen MR) is 115 cm³/mol. The Bertz CT molecular complexity index is 977. The first-order valence-electron chi connectivity index (χ1n) is 9.11. The molecule has 0 aliphatic rings. The molecule has 1 heterocycles. The molecule has 2 N–H and O–H groups in total. The molecule has 2 aromatic carbocycles. The molecule has 0 bridgehead atoms. The summed E-state index contributed by atoms with van der Waals surface area (Å²) >= 11 is 5.32. The van der Waals surface area contributed by atoms with Gasteiger partial charge >= 0.3 is 0 Å². The number of benzene rings is 2. The van der Waals surface area contributed by atoms with E-state index in [-0.39, 0.29) is 5.82 Å². The number of rotatable bonds is 8. The lowest BCUT2D eigenvalue weighted by molar-refractivity contribution is 0.354. The Morgan fingerprint density at radius 2 is 1.90 bits per heavy atom. The van der Waals surface area contributed by atoms with Crippen molar-refractivity contribution in [1.29, 1.82) is 0 Å². The molecule has 29 heavy (non-hydrogen) atoms. The first-order chi connectivity index (χ1) is 14.1. The lowest BCUT2D eigenvalue weighted by atomic mass is 10.1. The van der Waals surface area contributed by atoms with E-state index in [2.05, 4.69) is 15.7 Å². The van der Waals surface area contributed by atoms with Gasteiger partial charge in [-0.1, -0.05) is 24.3 Å². The molecular weight excluding hydrogens is 391 g/mol. The van der Waals surface area contributed by atoms with E-state index in [9.17, 15) is 4.39 Å². The highest BCUT2D eigenvalue weighted by Crippen LogP contribution is 2.27. The van der Waals surface area contributed by atoms with Crippen LogP contribution in [0.3, 0.4) is 0 Å². The monoisotopic (exact) mass is 414 g/mol. The van der Waals surface area contributed by atoms with Gasteiger partial charge in [0.1, 0.15) is 5.82 Å². The number of aromatic nitrogens is 2. The lowest BCUT2D eigenvalue weighted by Crippen LogP contribution is -2.30. The van der Waals surface area contributed by atoms with E-state index in [0.717, 1.165) is 12.0 Å². The molecule has 152 valence electrons. The van der Waals surface area contributed by atoms with Crippen LogP contribution in [0.25, 0.3) is 0 Å². The van der Waals surface area contributed by atoms with Crippen LogP contribution in [0.4, 0.5) is 10.2 Å². The van der Waals surface area contributed by atoms with Crippen molar-refractivity contribution in [3.05, 3.63) is 71.7 Å². The number of nitrogens with one attached hydrogen (secondary N) is 2. The van der Waals surface area contributed by atoms with Crippen LogP contribution in [0.15, 0.2) is 54.7 Å². The van der Waals surface area contributed by atoms with Gasteiger partial charge in [-0.15, -0.1) is 0 Å². The summed E-state index contributed by atoms with van der Waals surface area (Å²) in [6, 6.07) is 14.3. The van der Waals surface area contributed by atoms with Crippen molar-refractivity contribution >= 4 is 23.1 Å². The number of halogens is 1. The third kappa shape index (κ3) is 5.68. The SMILES string of the molecule is COc1ccc(CCNC(=S)Nc2ccn(Cc3ccccc3F)n2)cc1OC. The highest BCUT2D eigenvalue weighted by atomic mass is 32.1. The molecule has 0 spiro atoms. The van der Waals surface area contributed by atoms with Crippen LogP contribution in [0, 0.1) is 5.82 Å². The second-order valence-electron chi connectivity index (χ2n) is 6.31. The normalized spacial score (nSPS) is 10.4. The lowest BCUT2D eigenvalue weighted by Gasteiger charge is -2.11. The molecule has 0 saturated heterocycles. The van der Waals surface area contributed by atoms with Gasteiger partial charge in [-0.05, 0) is 42.4 Å². The maximum atomic E-state index is 13.8. The van der Waals surface area contributed by atoms with Crippen molar-refractivity contribution in [2.45, 2.75) is 13.0 Å². The van der Waals surface area contributed by atoms with Crippen LogP contribution in [0.2, 0.25) is 0 Å². The molecule has 0 unspecified atom stereocenters. The summed E-state index contributed by atoms with van der Waals surface area (Å²) < 4.78 is 26.0. The number of hydrogen-bond donors (Lipinski definition) is 2. The molecule has 0 amide bonds. The summed E-state index contributed by atoms with van der Waals surface area (Å²) in [4.78, 5) is 0. The topological polar surface area (TPSA) is 60.3 Å². The zero-order valence-corrected chi connectivity index (χ0v) is 17.1. The first kappa shape index (κ1) is 20.6. The number of anilines is 1. The average molecular weight is 415 g/mol. The average Bonchev–Trinajstić information content (AvgIpc) is 3.16. The van der Waals surface area contributed by atoms with Gasteiger partial charge in [0.25, 0.3) is 0 Å². The predicted octanol–water partition coefficient (Wildman–Crippen LogP) is 3.62. The Kier molecular flexibility index (Phi) is 7.02. The Balaban J connectivity index is 1.48. The Hall–Kier alpha value is -3.13. The van der Waals surface area contributed by atoms with Crippen molar-refractivity contribution in [2.24, 2.45) is 0 Å². The molecule has 0 radical (unpaired) electrons. The smallest absolute Gasteiger partial charge is 0.172 e. The molecule has 0 atom stereocenters. The Morgan fingerprint density at radius 1 is 1.10 bits per heavy atom. The van der Waals surface area contributed by atoms with Gasteiger partial charge in [0.15, 0.2) is 22.4 Å². The molecule has 6 nitrogen and oxygen atoms in total. The number of nitrogens with zero attached hydrogens (tertiary/aromatic N) is 2. The zero-order chi connectivity index (χ0) is 20.6. The number of hydrogen-bond acceptors (Lipinski definition) is 4. The largest absolute Gasteiger partial charge is 0.493 e. The summed E-state index contributed by atoms with van der Waals surface area (Å²) in [5.74, 6) is 1.76. The van der Waals surface area contributed by atoms with Crippen molar-refractivity contribution < 1.29 is 13.9 Å². The van der Waals surface area contributed by atoms with Crippen molar-refractivity contribution in [3.8, 4) is 11.5 Å². The highest BCUT2D eigenvalue weighted by molar-refractivity contribution is 7.80. The maximum Gasteiger partial charge on any atom is 0.172 e. The van der Waals surface area contributed by atoms with Crippen molar-refractivity contribution in [1.82, 2.24) is 15.1 Å². The van der Waals surface area contributed by atoms with Gasteiger partial charge in [-0.2, -0.15) is 5.10 Å². The third-order valence-corrected chi connectivity index (χ3v) is 4.57. The van der Waals surface area contributed by atoms with E-state index < -0.39 is 0 Å². The number of methoxy groups -OCH3 is 2. The minimum absolute atomic E-state index is 0.246. The van der Waals surface area contributed by atoms with Crippen LogP contribution in [-0.4, -0.2) is 35.7 Å². The van der Waals surface area contributed by atoms with Gasteiger partial charge < -0.3 is 20.1 Å². The fourth-order valence-electron chi connectivity index (χ4n) is 2.83. The third-order valence-electron chi connectivity index (χ3n) is 4.32. The fraction of sp³-hybridized carbons (Fsp3) is 0.238. The van der Waals surface area contributed by atoms with E-state index in [1.807, 2.05) is 18.2 Å². The number of ether oxygens (including phenoxy) is 2. The zero-order valence-electron chi connectivity index (χ0n) is 16.3. The van der Waals surface area contributed by atoms with Crippen molar-refractivity contribution in [3.63, 3.8) is 0 Å². The van der Waals surface area contributed by atoms with Crippen LogP contribution in [0.1, 0.15) is 11.1 Å². The standard InChI is InChI=1S/C21H23FN4O2S/c1-27-18-8-7-15(13-19(18)28-2)9-11-23-21(29)24-20-10-12-26(25-20)14-16-5-3-4-6-17(16)22/h3-8,10,12-13H,9,11,14H2,1-2H3,(H2,23,24,25,29). The van der Waals surface area contributed by atoms with Crippen LogP contribution in [0.5, 0.6) is 11.5 Å². The Labute approximate surface area is 174 Å². The fourth-order valence-corrected chi connectivity index (χ4v) is 3.04. The maximum absolute atomic E-state index is 13.8. The molecule has 0 aliphatic heterocycles. The quantitative estimate of drug-likeness (QED) is 0.549. The molecule has 8 heteroatoms. The summed E-state index contributed by atoms with van der Waals surface area (Å²) in [5, 5.41) is 11.0. The molecule has 0 aliphatic carbocycles. The molecule has 1 aromatic heterocycles. The second-order valence-corrected chi connectivity index (χ2v) is 6.72. The first-order valence-corrected chi connectivity index (χ1v) is 9.52. The van der Waals surface area contributed by atoms with E-state index in [0.29, 0.717) is 41.1 Å². The molecule has 0 saturated carbocycles. The van der Waals surface area contributed by atoms with Gasteiger partial charge in [0, 0.05) is 24.4 Å². The van der Waals surface area contributed by atoms with Crippen LogP contribution in [-0.2, 0) is 13.0 Å². The van der Waals surface area contributed by atoms with Gasteiger partial charge in [0.05, 0.1) is 20.8 Å². The summed E-state index contributed by atoms with van der Waals surface area (Å²) in [5.41, 5.74) is 1.69. The van der Waals surface area contributed by atoms with Gasteiger partial charge in [0.2, 0.25) is 0 Å². The van der Waals surface area contributed by atoms with Gasteiger partial charge in [-0.3, -0.25) is 4.68 Å². The molecule has 0 fully saturated rings. The minimum atomic E-state index is -0.246. The molecular formula is C21H23FN4O2S. The molecule has 3 aromatic rings. The van der Waals surface area contributed by atoms with E-state index in [4.69, 9.17) is 21.7 Å². The Morgan fingerprint density at radius 3 is 2.66 bits per heavy atom. The summed E-state index contributed by atoms with van der Waals surface area (Å²) in [6.45, 7) is 1.01. The van der Waals surface area contributed by atoms with E-state index >= 15 is 0 Å². The molecule has 3 rings (SSSR count). The highest BCUT2D eigenvalue weighted by Gasteiger charge is 2.07. The minimum Gasteiger partial charge on any atom is -0.493 e. The summed E-state index contributed by atoms with van der Waals surface area (Å²) in [7, 11) is 3.23. The van der Waals surface area contributed by atoms with Crippen LogP contribution < -0.4 is 20.1 Å². The van der Waals surface area contributed by atoms with Crippen LogP contribution >= 0.6 is 12.2 Å². The van der Waals surface area contributed by atoms with E-state index in [1.54, 1.807) is 49.4 Å². The number of thiocarbonyl (C=S) groups is 1. The van der Waals surface area contributed by atoms with Gasteiger partial charge in [-0.25, -0.2) is 4.39 Å².